The van der Waals surface area contributed by atoms with Gasteiger partial charge < -0.3 is 21.3 Å². The van der Waals surface area contributed by atoms with Gasteiger partial charge in [-0.1, -0.05) is 30.3 Å². The first-order chi connectivity index (χ1) is 10.5. The molecule has 1 fully saturated rings. The number of carbonyl (C=O) groups excluding carboxylic acids is 1. The first-order valence-corrected chi connectivity index (χ1v) is 7.43. The standard InChI is InChI=1S/C15H24N4O3.2ClH/c1-9-13(20)14(21)12(19-18-9)8-17-15(22)11(16)7-10-5-3-2-4-6-10;;/h2-6,9,11-14,18-21H,7-8,16H2,1H3,(H,17,22);2*1H/t9-,11-,12-,13+,14-;;/m0../s1. The second kappa shape index (κ2) is 10.8. The number of hydrogen-bond acceptors (Lipinski definition) is 6. The molecule has 1 amide bonds. The molecule has 0 aliphatic carbocycles. The SMILES string of the molecule is C[C@@H]1NN[C@@H](CNC(=O)[C@@H](N)Cc2ccccc2)[C@H](O)[C@@H]1O.Cl.Cl. The van der Waals surface area contributed by atoms with Gasteiger partial charge >= 0.3 is 0 Å². The number of halogens is 2. The Morgan fingerprint density at radius 1 is 1.21 bits per heavy atom. The fraction of sp³-hybridized carbons (Fsp3) is 0.533. The lowest BCUT2D eigenvalue weighted by molar-refractivity contribution is -0.123. The van der Waals surface area contributed by atoms with E-state index in [4.69, 9.17) is 5.73 Å². The third kappa shape index (κ3) is 6.18. The maximum atomic E-state index is 12.0. The van der Waals surface area contributed by atoms with Crippen LogP contribution in [0.3, 0.4) is 0 Å². The van der Waals surface area contributed by atoms with Gasteiger partial charge in [0.15, 0.2) is 0 Å². The Kier molecular flexibility index (Phi) is 10.4. The third-order valence-corrected chi connectivity index (χ3v) is 3.90. The van der Waals surface area contributed by atoms with Gasteiger partial charge in [-0.25, -0.2) is 5.43 Å². The molecule has 1 aromatic rings. The van der Waals surface area contributed by atoms with Gasteiger partial charge in [-0.3, -0.25) is 10.2 Å². The van der Waals surface area contributed by atoms with Crippen molar-refractivity contribution in [1.82, 2.24) is 16.2 Å². The van der Waals surface area contributed by atoms with Crippen molar-refractivity contribution < 1.29 is 15.0 Å². The Morgan fingerprint density at radius 2 is 1.83 bits per heavy atom. The predicted molar refractivity (Wildman–Crippen MR) is 97.2 cm³/mol. The molecular formula is C15H26Cl2N4O3. The van der Waals surface area contributed by atoms with Gasteiger partial charge in [0.05, 0.1) is 24.3 Å². The molecule has 7 N–H and O–H groups in total. The number of carbonyl (C=O) groups is 1. The fourth-order valence-corrected chi connectivity index (χ4v) is 2.42. The van der Waals surface area contributed by atoms with E-state index in [1.165, 1.54) is 0 Å². The summed E-state index contributed by atoms with van der Waals surface area (Å²) in [7, 11) is 0. The zero-order valence-corrected chi connectivity index (χ0v) is 15.0. The fourth-order valence-electron chi connectivity index (χ4n) is 2.42. The lowest BCUT2D eigenvalue weighted by Gasteiger charge is -2.37. The van der Waals surface area contributed by atoms with Crippen LogP contribution in [0.5, 0.6) is 0 Å². The van der Waals surface area contributed by atoms with Gasteiger partial charge in [0, 0.05) is 12.6 Å². The van der Waals surface area contributed by atoms with Crippen LogP contribution in [0.1, 0.15) is 12.5 Å². The summed E-state index contributed by atoms with van der Waals surface area (Å²) in [4.78, 5) is 12.0. The largest absolute Gasteiger partial charge is 0.389 e. The average molecular weight is 381 g/mol. The van der Waals surface area contributed by atoms with Crippen LogP contribution in [0.25, 0.3) is 0 Å². The Labute approximate surface area is 154 Å². The average Bonchev–Trinajstić information content (AvgIpc) is 2.52. The molecule has 1 aromatic carbocycles. The van der Waals surface area contributed by atoms with Gasteiger partial charge in [-0.05, 0) is 18.9 Å². The lowest BCUT2D eigenvalue weighted by Crippen LogP contribution is -2.67. The molecule has 0 aromatic heterocycles. The highest BCUT2D eigenvalue weighted by molar-refractivity contribution is 5.85. The van der Waals surface area contributed by atoms with Gasteiger partial charge in [-0.2, -0.15) is 0 Å². The van der Waals surface area contributed by atoms with E-state index in [0.717, 1.165) is 5.56 Å². The number of aliphatic hydroxyl groups excluding tert-OH is 2. The summed E-state index contributed by atoms with van der Waals surface area (Å²) >= 11 is 0. The number of hydrazine groups is 1. The molecule has 0 bridgehead atoms. The zero-order chi connectivity index (χ0) is 16.1. The zero-order valence-electron chi connectivity index (χ0n) is 13.4. The van der Waals surface area contributed by atoms with Crippen LogP contribution in [0, 0.1) is 0 Å². The van der Waals surface area contributed by atoms with Crippen molar-refractivity contribution in [3.8, 4) is 0 Å². The Bertz CT molecular complexity index is 495. The molecule has 0 unspecified atom stereocenters. The Morgan fingerprint density at radius 3 is 2.46 bits per heavy atom. The van der Waals surface area contributed by atoms with Crippen LogP contribution >= 0.6 is 24.8 Å². The van der Waals surface area contributed by atoms with Crippen LogP contribution in [0.4, 0.5) is 0 Å². The van der Waals surface area contributed by atoms with E-state index < -0.39 is 24.3 Å². The van der Waals surface area contributed by atoms with E-state index in [2.05, 4.69) is 16.2 Å². The van der Waals surface area contributed by atoms with Gasteiger partial charge in [0.2, 0.25) is 5.91 Å². The first-order valence-electron chi connectivity index (χ1n) is 7.43. The van der Waals surface area contributed by atoms with E-state index in [1.807, 2.05) is 30.3 Å². The molecule has 1 aliphatic rings. The highest BCUT2D eigenvalue weighted by atomic mass is 35.5. The first kappa shape index (κ1) is 23.1. The van der Waals surface area contributed by atoms with Gasteiger partial charge in [0.25, 0.3) is 0 Å². The summed E-state index contributed by atoms with van der Waals surface area (Å²) in [6.07, 6.45) is -1.39. The quantitative estimate of drug-likeness (QED) is 0.394. The van der Waals surface area contributed by atoms with E-state index in [9.17, 15) is 15.0 Å². The minimum Gasteiger partial charge on any atom is -0.389 e. The van der Waals surface area contributed by atoms with E-state index in [1.54, 1.807) is 6.92 Å². The third-order valence-electron chi connectivity index (χ3n) is 3.90. The van der Waals surface area contributed by atoms with Crippen molar-refractivity contribution >= 4 is 30.7 Å². The number of nitrogens with two attached hydrogens (primary N) is 1. The number of aliphatic hydroxyl groups is 2. The summed E-state index contributed by atoms with van der Waals surface area (Å²) in [6.45, 7) is 1.94. The molecule has 0 spiro atoms. The monoisotopic (exact) mass is 380 g/mol. The normalized spacial score (nSPS) is 27.3. The van der Waals surface area contributed by atoms with Crippen molar-refractivity contribution in [2.24, 2.45) is 5.73 Å². The Balaban J connectivity index is 0.00000264. The van der Waals surface area contributed by atoms with Crippen LogP contribution in [-0.4, -0.2) is 53.0 Å². The van der Waals surface area contributed by atoms with Crippen molar-refractivity contribution in [3.05, 3.63) is 35.9 Å². The molecule has 138 valence electrons. The molecule has 1 aliphatic heterocycles. The summed E-state index contributed by atoms with van der Waals surface area (Å²) < 4.78 is 0. The number of hydrogen-bond donors (Lipinski definition) is 6. The molecule has 5 atom stereocenters. The minimum atomic E-state index is -0.957. The highest BCUT2D eigenvalue weighted by Crippen LogP contribution is 2.08. The van der Waals surface area contributed by atoms with Gasteiger partial charge in [0.1, 0.15) is 0 Å². The summed E-state index contributed by atoms with van der Waals surface area (Å²) in [5.74, 6) is -0.286. The minimum absolute atomic E-state index is 0. The van der Waals surface area contributed by atoms with Crippen molar-refractivity contribution in [1.29, 1.82) is 0 Å². The van der Waals surface area contributed by atoms with E-state index in [0.29, 0.717) is 6.42 Å². The summed E-state index contributed by atoms with van der Waals surface area (Å²) in [5.41, 5.74) is 12.6. The van der Waals surface area contributed by atoms with Crippen LogP contribution in [-0.2, 0) is 11.2 Å². The number of rotatable bonds is 5. The van der Waals surface area contributed by atoms with Crippen molar-refractivity contribution in [2.75, 3.05) is 6.54 Å². The second-order valence-electron chi connectivity index (χ2n) is 5.71. The molecule has 24 heavy (non-hydrogen) atoms. The van der Waals surface area contributed by atoms with Crippen LogP contribution < -0.4 is 21.9 Å². The van der Waals surface area contributed by atoms with Crippen LogP contribution in [0.15, 0.2) is 30.3 Å². The molecule has 7 nitrogen and oxygen atoms in total. The number of amides is 1. The number of nitrogens with one attached hydrogen (secondary N) is 3. The number of benzene rings is 1. The lowest BCUT2D eigenvalue weighted by atomic mass is 9.98. The predicted octanol–water partition coefficient (Wildman–Crippen LogP) is -0.897. The molecule has 1 saturated heterocycles. The topological polar surface area (TPSA) is 120 Å². The highest BCUT2D eigenvalue weighted by Gasteiger charge is 2.35. The summed E-state index contributed by atoms with van der Waals surface area (Å²) in [5, 5.41) is 22.5. The van der Waals surface area contributed by atoms with Crippen LogP contribution in [0.2, 0.25) is 0 Å². The Hall–Kier alpha value is -0.930. The molecule has 0 radical (unpaired) electrons. The molecular weight excluding hydrogens is 355 g/mol. The maximum absolute atomic E-state index is 12.0. The smallest absolute Gasteiger partial charge is 0.237 e. The molecule has 2 rings (SSSR count). The second-order valence-corrected chi connectivity index (χ2v) is 5.71. The van der Waals surface area contributed by atoms with E-state index in [-0.39, 0.29) is 43.3 Å². The van der Waals surface area contributed by atoms with E-state index >= 15 is 0 Å². The molecule has 9 heteroatoms. The van der Waals surface area contributed by atoms with Crippen molar-refractivity contribution in [2.45, 2.75) is 43.7 Å². The van der Waals surface area contributed by atoms with Crippen molar-refractivity contribution in [3.63, 3.8) is 0 Å². The maximum Gasteiger partial charge on any atom is 0.237 e. The van der Waals surface area contributed by atoms with Gasteiger partial charge in [-0.15, -0.1) is 24.8 Å². The molecule has 1 heterocycles. The molecule has 0 saturated carbocycles. The summed E-state index contributed by atoms with van der Waals surface area (Å²) in [6, 6.07) is 8.15.